The van der Waals surface area contributed by atoms with Crippen molar-refractivity contribution in [1.29, 1.82) is 0 Å². The second-order valence-corrected chi connectivity index (χ2v) is 10.1. The number of nitrogens with zero attached hydrogens (tertiary/aromatic N) is 2. The van der Waals surface area contributed by atoms with Gasteiger partial charge in [-0.3, -0.25) is 0 Å². The van der Waals surface area contributed by atoms with E-state index in [4.69, 9.17) is 4.98 Å². The maximum atomic E-state index is 12.4. The van der Waals surface area contributed by atoms with E-state index in [1.54, 1.807) is 12.1 Å². The molecule has 31 heavy (non-hydrogen) atoms. The van der Waals surface area contributed by atoms with Crippen LogP contribution in [-0.2, 0) is 0 Å². The first-order valence-corrected chi connectivity index (χ1v) is 11.1. The van der Waals surface area contributed by atoms with Gasteiger partial charge >= 0.3 is 6.36 Å². The van der Waals surface area contributed by atoms with Gasteiger partial charge in [0.15, 0.2) is 0 Å². The summed E-state index contributed by atoms with van der Waals surface area (Å²) in [6.07, 6.45) is -1.43. The van der Waals surface area contributed by atoms with Gasteiger partial charge in [-0.1, -0.05) is 36.7 Å². The average molecular weight is 496 g/mol. The van der Waals surface area contributed by atoms with E-state index in [0.717, 1.165) is 28.3 Å². The number of benzene rings is 2. The van der Waals surface area contributed by atoms with E-state index in [0.29, 0.717) is 17.6 Å². The molecule has 1 aliphatic carbocycles. The number of ether oxygens (including phenoxy) is 1. The molecule has 1 heterocycles. The van der Waals surface area contributed by atoms with Crippen molar-refractivity contribution < 1.29 is 17.9 Å². The molecule has 0 unspecified atom stereocenters. The van der Waals surface area contributed by atoms with Crippen LogP contribution in [0.2, 0.25) is 0 Å². The number of nitrogens with one attached hydrogen (secondary N) is 1. The number of halogens is 4. The van der Waals surface area contributed by atoms with Gasteiger partial charge < -0.3 is 14.6 Å². The summed E-state index contributed by atoms with van der Waals surface area (Å²) in [5.41, 5.74) is 2.78. The third-order valence-corrected chi connectivity index (χ3v) is 6.22. The number of hydrogen-bond acceptors (Lipinski definition) is 3. The summed E-state index contributed by atoms with van der Waals surface area (Å²) in [6.45, 7) is 6.89. The molecule has 8 heteroatoms. The van der Waals surface area contributed by atoms with Gasteiger partial charge in [-0.05, 0) is 73.1 Å². The molecule has 0 aliphatic heterocycles. The molecule has 0 radical (unpaired) electrons. The molecule has 1 aromatic heterocycles. The standard InChI is InChI=1S/C23H25BrF3N3O/c1-14-10-17(13-22(2,3)12-14)30-20-9-4-15(24)11-19(20)29-21(30)28-16-5-7-18(8-6-16)31-23(25,26)27/h4-9,11,14,17H,10,12-13H2,1-3H3,(H,28,29)/t14-,17-/m0/s1. The highest BCUT2D eigenvalue weighted by atomic mass is 79.9. The fourth-order valence-electron chi connectivity index (χ4n) is 4.89. The van der Waals surface area contributed by atoms with Gasteiger partial charge in [-0.15, -0.1) is 13.2 Å². The minimum absolute atomic E-state index is 0.224. The van der Waals surface area contributed by atoms with Crippen LogP contribution in [0.4, 0.5) is 24.8 Å². The molecular formula is C23H25BrF3N3O. The zero-order valence-corrected chi connectivity index (χ0v) is 19.2. The van der Waals surface area contributed by atoms with Crippen molar-refractivity contribution in [2.75, 3.05) is 5.32 Å². The van der Waals surface area contributed by atoms with Crippen LogP contribution >= 0.6 is 15.9 Å². The van der Waals surface area contributed by atoms with Crippen LogP contribution in [0, 0.1) is 11.3 Å². The van der Waals surface area contributed by atoms with Gasteiger partial charge in [0, 0.05) is 16.2 Å². The second-order valence-electron chi connectivity index (χ2n) is 9.20. The van der Waals surface area contributed by atoms with Crippen molar-refractivity contribution in [3.8, 4) is 5.75 Å². The highest BCUT2D eigenvalue weighted by Gasteiger charge is 2.35. The Kier molecular flexibility index (Phi) is 5.70. The van der Waals surface area contributed by atoms with E-state index in [1.807, 2.05) is 12.1 Å². The monoisotopic (exact) mass is 495 g/mol. The number of alkyl halides is 3. The minimum atomic E-state index is -4.71. The van der Waals surface area contributed by atoms with Crippen molar-refractivity contribution in [1.82, 2.24) is 9.55 Å². The number of aromatic nitrogens is 2. The number of hydrogen-bond donors (Lipinski definition) is 1. The molecule has 1 aliphatic rings. The highest BCUT2D eigenvalue weighted by molar-refractivity contribution is 9.10. The third kappa shape index (κ3) is 5.17. The van der Waals surface area contributed by atoms with Crippen molar-refractivity contribution >= 4 is 38.6 Å². The molecule has 3 aromatic rings. The molecule has 2 atom stereocenters. The molecule has 4 nitrogen and oxygen atoms in total. The number of anilines is 2. The van der Waals surface area contributed by atoms with Gasteiger partial charge in [-0.2, -0.15) is 0 Å². The fraction of sp³-hybridized carbons (Fsp3) is 0.435. The quantitative estimate of drug-likeness (QED) is 0.400. The topological polar surface area (TPSA) is 39.1 Å². The molecule has 0 saturated heterocycles. The predicted octanol–water partition coefficient (Wildman–Crippen LogP) is 7.83. The van der Waals surface area contributed by atoms with Crippen molar-refractivity contribution in [2.45, 2.75) is 52.4 Å². The van der Waals surface area contributed by atoms with Crippen molar-refractivity contribution in [3.63, 3.8) is 0 Å². The fourth-order valence-corrected chi connectivity index (χ4v) is 5.24. The van der Waals surface area contributed by atoms with Crippen LogP contribution in [0.1, 0.15) is 46.1 Å². The zero-order chi connectivity index (χ0) is 22.4. The van der Waals surface area contributed by atoms with Gasteiger partial charge in [-0.25, -0.2) is 4.98 Å². The number of fused-ring (bicyclic) bond motifs is 1. The average Bonchev–Trinajstić information content (AvgIpc) is 2.97. The van der Waals surface area contributed by atoms with Gasteiger partial charge in [0.05, 0.1) is 11.0 Å². The van der Waals surface area contributed by atoms with E-state index >= 15 is 0 Å². The summed E-state index contributed by atoms with van der Waals surface area (Å²) in [7, 11) is 0. The summed E-state index contributed by atoms with van der Waals surface area (Å²) < 4.78 is 44.5. The lowest BCUT2D eigenvalue weighted by Gasteiger charge is -2.40. The van der Waals surface area contributed by atoms with E-state index in [-0.39, 0.29) is 17.2 Å². The lowest BCUT2D eigenvalue weighted by atomic mass is 9.70. The summed E-state index contributed by atoms with van der Waals surface area (Å²) >= 11 is 3.51. The van der Waals surface area contributed by atoms with Gasteiger partial charge in [0.1, 0.15) is 5.75 Å². The molecule has 1 fully saturated rings. The normalized spacial score (nSPS) is 21.3. The maximum Gasteiger partial charge on any atom is 0.573 e. The summed E-state index contributed by atoms with van der Waals surface area (Å²) in [4.78, 5) is 4.81. The smallest absolute Gasteiger partial charge is 0.406 e. The van der Waals surface area contributed by atoms with Crippen LogP contribution in [0.3, 0.4) is 0 Å². The first-order chi connectivity index (χ1) is 14.5. The Morgan fingerprint density at radius 3 is 2.48 bits per heavy atom. The van der Waals surface area contributed by atoms with Crippen LogP contribution in [0.25, 0.3) is 11.0 Å². The van der Waals surface area contributed by atoms with Crippen molar-refractivity contribution in [2.24, 2.45) is 11.3 Å². The molecular weight excluding hydrogens is 471 g/mol. The third-order valence-electron chi connectivity index (χ3n) is 5.72. The van der Waals surface area contributed by atoms with E-state index in [2.05, 4.69) is 57.4 Å². The molecule has 0 spiro atoms. The summed E-state index contributed by atoms with van der Waals surface area (Å²) in [5, 5.41) is 3.31. The lowest BCUT2D eigenvalue weighted by molar-refractivity contribution is -0.274. The zero-order valence-electron chi connectivity index (χ0n) is 17.6. The van der Waals surface area contributed by atoms with Crippen LogP contribution in [0.15, 0.2) is 46.9 Å². The Bertz CT molecular complexity index is 1080. The minimum Gasteiger partial charge on any atom is -0.406 e. The lowest BCUT2D eigenvalue weighted by Crippen LogP contribution is -2.29. The van der Waals surface area contributed by atoms with E-state index in [1.165, 1.54) is 18.6 Å². The number of rotatable bonds is 4. The first-order valence-electron chi connectivity index (χ1n) is 10.3. The van der Waals surface area contributed by atoms with Gasteiger partial charge in [0.2, 0.25) is 5.95 Å². The Balaban J connectivity index is 1.70. The Labute approximate surface area is 187 Å². The molecule has 0 amide bonds. The highest BCUT2D eigenvalue weighted by Crippen LogP contribution is 2.46. The molecule has 0 bridgehead atoms. The predicted molar refractivity (Wildman–Crippen MR) is 120 cm³/mol. The second kappa shape index (κ2) is 8.04. The number of imidazole rings is 1. The van der Waals surface area contributed by atoms with E-state index < -0.39 is 6.36 Å². The molecule has 4 rings (SSSR count). The summed E-state index contributed by atoms with van der Waals surface area (Å²) in [6, 6.07) is 12.0. The maximum absolute atomic E-state index is 12.4. The van der Waals surface area contributed by atoms with Crippen LogP contribution < -0.4 is 10.1 Å². The van der Waals surface area contributed by atoms with Crippen molar-refractivity contribution in [3.05, 3.63) is 46.9 Å². The molecule has 166 valence electrons. The molecule has 1 N–H and O–H groups in total. The Morgan fingerprint density at radius 2 is 1.84 bits per heavy atom. The van der Waals surface area contributed by atoms with Crippen LogP contribution in [0.5, 0.6) is 5.75 Å². The van der Waals surface area contributed by atoms with E-state index in [9.17, 15) is 13.2 Å². The SMILES string of the molecule is C[C@H]1C[C@H](n2c(Nc3ccc(OC(F)(F)F)cc3)nc3cc(Br)ccc32)CC(C)(C)C1. The summed E-state index contributed by atoms with van der Waals surface area (Å²) in [5.74, 6) is 1.03. The molecule has 2 aromatic carbocycles. The first kappa shape index (κ1) is 22.0. The van der Waals surface area contributed by atoms with Crippen LogP contribution in [-0.4, -0.2) is 15.9 Å². The van der Waals surface area contributed by atoms with Gasteiger partial charge in [0.25, 0.3) is 0 Å². The Hall–Kier alpha value is -2.22. The molecule has 1 saturated carbocycles. The largest absolute Gasteiger partial charge is 0.573 e. The Morgan fingerprint density at radius 1 is 1.13 bits per heavy atom.